The zero-order chi connectivity index (χ0) is 7.07. The Hall–Kier alpha value is -0.530. The lowest BCUT2D eigenvalue weighted by molar-refractivity contribution is 0.441. The van der Waals surface area contributed by atoms with Crippen LogP contribution in [-0.2, 0) is 0 Å². The van der Waals surface area contributed by atoms with Crippen molar-refractivity contribution in [2.45, 2.75) is 39.3 Å². The minimum Gasteiger partial charge on any atom is -0.369 e. The largest absolute Gasteiger partial charge is 0.369 e. The van der Waals surface area contributed by atoms with Crippen molar-refractivity contribution in [1.82, 2.24) is 5.32 Å². The summed E-state index contributed by atoms with van der Waals surface area (Å²) in [5.74, 6) is 1.06. The smallest absolute Gasteiger partial charge is 0.0942 e. The number of nitrogens with one attached hydrogen (secondary N) is 1. The molecular weight excluding hydrogens is 112 g/mol. The predicted octanol–water partition coefficient (Wildman–Crippen LogP) is 1.18. The molecule has 1 N–H and O–H groups in total. The van der Waals surface area contributed by atoms with Crippen LogP contribution in [0.15, 0.2) is 4.99 Å². The van der Waals surface area contributed by atoms with Crippen LogP contribution < -0.4 is 5.32 Å². The first-order chi connectivity index (χ1) is 4.02. The highest BCUT2D eigenvalue weighted by Gasteiger charge is 2.29. The average Bonchev–Trinajstić information content (AvgIpc) is 1.79. The van der Waals surface area contributed by atoms with Crippen LogP contribution in [0.3, 0.4) is 0 Å². The van der Waals surface area contributed by atoms with E-state index in [1.807, 2.05) is 6.92 Å². The molecule has 1 rings (SSSR count). The molecule has 2 heteroatoms. The lowest BCUT2D eigenvalue weighted by Gasteiger charge is -2.19. The molecule has 0 fully saturated rings. The second-order valence-corrected chi connectivity index (χ2v) is 3.22. The van der Waals surface area contributed by atoms with Gasteiger partial charge in [0.25, 0.3) is 0 Å². The van der Waals surface area contributed by atoms with E-state index in [0.717, 1.165) is 5.84 Å². The zero-order valence-corrected chi connectivity index (χ0v) is 6.52. The molecule has 2 nitrogen and oxygen atoms in total. The van der Waals surface area contributed by atoms with Crippen LogP contribution in [0.25, 0.3) is 0 Å². The standard InChI is InChI=1S/C7H14N2/c1-5-7(3,4)9-6(2)8-5/h5H,1-4H3,(H,8,9). The van der Waals surface area contributed by atoms with Gasteiger partial charge in [-0.2, -0.15) is 0 Å². The molecule has 52 valence electrons. The molecule has 0 saturated carbocycles. The first kappa shape index (κ1) is 6.59. The molecule has 0 aromatic heterocycles. The molecule has 0 aliphatic carbocycles. The Morgan fingerprint density at radius 2 is 2.11 bits per heavy atom. The Labute approximate surface area is 56.4 Å². The maximum Gasteiger partial charge on any atom is 0.0942 e. The maximum absolute atomic E-state index is 4.41. The van der Waals surface area contributed by atoms with Gasteiger partial charge in [-0.05, 0) is 27.7 Å². The predicted molar refractivity (Wildman–Crippen MR) is 39.8 cm³/mol. The van der Waals surface area contributed by atoms with Gasteiger partial charge in [-0.1, -0.05) is 0 Å². The van der Waals surface area contributed by atoms with Gasteiger partial charge in [0.1, 0.15) is 0 Å². The van der Waals surface area contributed by atoms with E-state index in [2.05, 4.69) is 31.1 Å². The van der Waals surface area contributed by atoms with Gasteiger partial charge in [-0.3, -0.25) is 4.99 Å². The van der Waals surface area contributed by atoms with Gasteiger partial charge in [-0.25, -0.2) is 0 Å². The molecule has 1 aliphatic heterocycles. The summed E-state index contributed by atoms with van der Waals surface area (Å²) in [7, 11) is 0. The first-order valence-corrected chi connectivity index (χ1v) is 3.35. The highest BCUT2D eigenvalue weighted by atomic mass is 15.1. The van der Waals surface area contributed by atoms with E-state index in [0.29, 0.717) is 6.04 Å². The van der Waals surface area contributed by atoms with Gasteiger partial charge in [-0.15, -0.1) is 0 Å². The van der Waals surface area contributed by atoms with Crippen molar-refractivity contribution in [3.05, 3.63) is 0 Å². The summed E-state index contributed by atoms with van der Waals surface area (Å²) in [5.41, 5.74) is 0.101. The SMILES string of the molecule is CC1=NC(C)(C)C(C)N1. The van der Waals surface area contributed by atoms with Crippen molar-refractivity contribution < 1.29 is 0 Å². The van der Waals surface area contributed by atoms with E-state index in [4.69, 9.17) is 0 Å². The van der Waals surface area contributed by atoms with Crippen LogP contribution in [0.5, 0.6) is 0 Å². The molecular formula is C7H14N2. The summed E-state index contributed by atoms with van der Waals surface area (Å²) >= 11 is 0. The summed E-state index contributed by atoms with van der Waals surface area (Å²) in [6.45, 7) is 8.44. The molecule has 1 atom stereocenters. The zero-order valence-electron chi connectivity index (χ0n) is 6.52. The van der Waals surface area contributed by atoms with Gasteiger partial charge in [0.2, 0.25) is 0 Å². The summed E-state index contributed by atoms with van der Waals surface area (Å²) in [4.78, 5) is 4.41. The number of amidine groups is 1. The third-order valence-electron chi connectivity index (χ3n) is 1.94. The third kappa shape index (κ3) is 1.07. The quantitative estimate of drug-likeness (QED) is 0.517. The van der Waals surface area contributed by atoms with Crippen LogP contribution >= 0.6 is 0 Å². The molecule has 0 radical (unpaired) electrons. The van der Waals surface area contributed by atoms with Crippen molar-refractivity contribution in [2.24, 2.45) is 4.99 Å². The minimum atomic E-state index is 0.101. The van der Waals surface area contributed by atoms with Crippen LogP contribution in [0.4, 0.5) is 0 Å². The van der Waals surface area contributed by atoms with Crippen molar-refractivity contribution >= 4 is 5.84 Å². The van der Waals surface area contributed by atoms with Crippen LogP contribution in [-0.4, -0.2) is 17.4 Å². The number of rotatable bonds is 0. The van der Waals surface area contributed by atoms with E-state index in [1.54, 1.807) is 0 Å². The summed E-state index contributed by atoms with van der Waals surface area (Å²) in [6, 6.07) is 0.484. The molecule has 0 bridgehead atoms. The fraction of sp³-hybridized carbons (Fsp3) is 0.857. The third-order valence-corrected chi connectivity index (χ3v) is 1.94. The van der Waals surface area contributed by atoms with Gasteiger partial charge >= 0.3 is 0 Å². The number of hydrogen-bond donors (Lipinski definition) is 1. The second-order valence-electron chi connectivity index (χ2n) is 3.22. The molecule has 1 aliphatic rings. The Bertz CT molecular complexity index is 147. The number of aliphatic imine (C=N–C) groups is 1. The Morgan fingerprint density at radius 1 is 1.56 bits per heavy atom. The van der Waals surface area contributed by atoms with E-state index < -0.39 is 0 Å². The van der Waals surface area contributed by atoms with Crippen molar-refractivity contribution in [3.63, 3.8) is 0 Å². The average molecular weight is 126 g/mol. The highest BCUT2D eigenvalue weighted by Crippen LogP contribution is 2.19. The summed E-state index contributed by atoms with van der Waals surface area (Å²) < 4.78 is 0. The van der Waals surface area contributed by atoms with Crippen molar-refractivity contribution in [2.75, 3.05) is 0 Å². The molecule has 1 unspecified atom stereocenters. The molecule has 0 aromatic carbocycles. The Morgan fingerprint density at radius 3 is 2.22 bits per heavy atom. The van der Waals surface area contributed by atoms with E-state index >= 15 is 0 Å². The lowest BCUT2D eigenvalue weighted by atomic mass is 9.99. The minimum absolute atomic E-state index is 0.101. The first-order valence-electron chi connectivity index (χ1n) is 3.35. The fourth-order valence-electron chi connectivity index (χ4n) is 1.05. The Kier molecular flexibility index (Phi) is 1.26. The normalized spacial score (nSPS) is 31.6. The topological polar surface area (TPSA) is 24.4 Å². The summed E-state index contributed by atoms with van der Waals surface area (Å²) in [6.07, 6.45) is 0. The molecule has 0 saturated heterocycles. The van der Waals surface area contributed by atoms with E-state index in [1.165, 1.54) is 0 Å². The maximum atomic E-state index is 4.41. The number of nitrogens with zero attached hydrogens (tertiary/aromatic N) is 1. The monoisotopic (exact) mass is 126 g/mol. The second kappa shape index (κ2) is 1.72. The lowest BCUT2D eigenvalue weighted by Crippen LogP contribution is -2.36. The highest BCUT2D eigenvalue weighted by molar-refractivity contribution is 5.82. The van der Waals surface area contributed by atoms with Crippen molar-refractivity contribution in [3.8, 4) is 0 Å². The Balaban J connectivity index is 2.76. The molecule has 0 amide bonds. The van der Waals surface area contributed by atoms with Gasteiger partial charge in [0.15, 0.2) is 0 Å². The fourth-order valence-corrected chi connectivity index (χ4v) is 1.05. The van der Waals surface area contributed by atoms with Gasteiger partial charge in [0.05, 0.1) is 11.4 Å². The number of hydrogen-bond acceptors (Lipinski definition) is 2. The van der Waals surface area contributed by atoms with Gasteiger partial charge < -0.3 is 5.32 Å². The van der Waals surface area contributed by atoms with Crippen molar-refractivity contribution in [1.29, 1.82) is 0 Å². The molecule has 9 heavy (non-hydrogen) atoms. The van der Waals surface area contributed by atoms with Crippen LogP contribution in [0.2, 0.25) is 0 Å². The molecule has 0 spiro atoms. The summed E-state index contributed by atoms with van der Waals surface area (Å²) in [5, 5.41) is 3.26. The van der Waals surface area contributed by atoms with Gasteiger partial charge in [0, 0.05) is 6.04 Å². The van der Waals surface area contributed by atoms with Crippen LogP contribution in [0.1, 0.15) is 27.7 Å². The van der Waals surface area contributed by atoms with E-state index in [9.17, 15) is 0 Å². The molecule has 1 heterocycles. The van der Waals surface area contributed by atoms with Crippen LogP contribution in [0, 0.1) is 0 Å². The van der Waals surface area contributed by atoms with E-state index in [-0.39, 0.29) is 5.54 Å². The molecule has 0 aromatic rings.